The maximum absolute atomic E-state index is 13.8. The van der Waals surface area contributed by atoms with Gasteiger partial charge in [0.05, 0.1) is 5.92 Å². The number of amides is 1. The Hall–Kier alpha value is -3.23. The second-order valence-electron chi connectivity index (χ2n) is 10.9. The molecule has 0 aliphatic carbocycles. The van der Waals surface area contributed by atoms with E-state index in [0.29, 0.717) is 31.0 Å². The van der Waals surface area contributed by atoms with E-state index < -0.39 is 10.0 Å². The molecule has 2 aromatic carbocycles. The zero-order valence-electron chi connectivity index (χ0n) is 22.8. The fraction of sp³-hybridized carbons (Fsp3) is 0.419. The zero-order chi connectivity index (χ0) is 27.4. The highest BCUT2D eigenvalue weighted by molar-refractivity contribution is 7.89. The molecule has 1 atom stereocenters. The van der Waals surface area contributed by atoms with E-state index in [9.17, 15) is 13.2 Å². The summed E-state index contributed by atoms with van der Waals surface area (Å²) in [5, 5.41) is 3.96. The summed E-state index contributed by atoms with van der Waals surface area (Å²) in [6.07, 6.45) is 7.83. The second kappa shape index (κ2) is 11.9. The third-order valence-electron chi connectivity index (χ3n) is 7.96. The van der Waals surface area contributed by atoms with Crippen molar-refractivity contribution in [3.63, 3.8) is 0 Å². The van der Waals surface area contributed by atoms with Crippen molar-refractivity contribution >= 4 is 28.1 Å². The van der Waals surface area contributed by atoms with E-state index in [1.807, 2.05) is 48.2 Å². The van der Waals surface area contributed by atoms with Gasteiger partial charge in [-0.25, -0.2) is 8.42 Å². The van der Waals surface area contributed by atoms with Crippen LogP contribution in [0.4, 0.5) is 0 Å². The van der Waals surface area contributed by atoms with Gasteiger partial charge in [-0.2, -0.15) is 4.31 Å². The molecular weight excluding hydrogens is 510 g/mol. The molecule has 3 heterocycles. The fourth-order valence-corrected chi connectivity index (χ4v) is 7.48. The molecule has 2 fully saturated rings. The van der Waals surface area contributed by atoms with E-state index in [0.717, 1.165) is 43.5 Å². The van der Waals surface area contributed by atoms with Crippen molar-refractivity contribution in [2.45, 2.75) is 50.8 Å². The van der Waals surface area contributed by atoms with Gasteiger partial charge in [-0.3, -0.25) is 4.79 Å². The Labute approximate surface area is 231 Å². The van der Waals surface area contributed by atoms with Crippen LogP contribution in [0, 0.1) is 25.7 Å². The van der Waals surface area contributed by atoms with Crippen LogP contribution in [0.2, 0.25) is 0 Å². The summed E-state index contributed by atoms with van der Waals surface area (Å²) in [6, 6.07) is 18.4. The van der Waals surface area contributed by atoms with Gasteiger partial charge >= 0.3 is 0 Å². The van der Waals surface area contributed by atoms with Gasteiger partial charge in [-0.15, -0.1) is 0 Å². The molecule has 2 aliphatic heterocycles. The lowest BCUT2D eigenvalue weighted by Crippen LogP contribution is -2.48. The summed E-state index contributed by atoms with van der Waals surface area (Å²) in [5.41, 5.74) is 3.76. The number of piperidine rings is 2. The van der Waals surface area contributed by atoms with Crippen LogP contribution in [-0.2, 0) is 21.2 Å². The quantitative estimate of drug-likeness (QED) is 0.399. The van der Waals surface area contributed by atoms with Crippen LogP contribution >= 0.6 is 0 Å². The van der Waals surface area contributed by atoms with Gasteiger partial charge in [0.1, 0.15) is 5.69 Å². The third kappa shape index (κ3) is 6.34. The number of carbonyl (C=O) groups excluding carboxylic acids is 1. The molecule has 7 nitrogen and oxygen atoms in total. The van der Waals surface area contributed by atoms with Gasteiger partial charge in [0.15, 0.2) is 10.7 Å². The SMILES string of the molecule is Cc1ccc(C=Cc2onc(C)c2S(=O)(=O)N2CCCC(C(=O)N3CCC(Cc4ccccc4)CC3)C2)cc1. The van der Waals surface area contributed by atoms with Crippen molar-refractivity contribution < 1.29 is 17.7 Å². The lowest BCUT2D eigenvalue weighted by molar-refractivity contribution is -0.138. The van der Waals surface area contributed by atoms with Gasteiger partial charge in [0, 0.05) is 26.2 Å². The van der Waals surface area contributed by atoms with E-state index >= 15 is 0 Å². The Morgan fingerprint density at radius 1 is 0.974 bits per heavy atom. The molecular formula is C31H37N3O4S. The molecule has 8 heteroatoms. The number of sulfonamides is 1. The smallest absolute Gasteiger partial charge is 0.248 e. The lowest BCUT2D eigenvalue weighted by atomic mass is 9.89. The highest BCUT2D eigenvalue weighted by atomic mass is 32.2. The molecule has 1 unspecified atom stereocenters. The average molecular weight is 548 g/mol. The van der Waals surface area contributed by atoms with Crippen molar-refractivity contribution in [1.29, 1.82) is 0 Å². The van der Waals surface area contributed by atoms with E-state index in [2.05, 4.69) is 29.4 Å². The molecule has 0 radical (unpaired) electrons. The van der Waals surface area contributed by atoms with Crippen molar-refractivity contribution in [3.8, 4) is 0 Å². The molecule has 0 bridgehead atoms. The number of likely N-dealkylation sites (tertiary alicyclic amines) is 1. The molecule has 206 valence electrons. The fourth-order valence-electron chi connectivity index (χ4n) is 5.70. The number of hydrogen-bond donors (Lipinski definition) is 0. The minimum Gasteiger partial charge on any atom is -0.355 e. The molecule has 39 heavy (non-hydrogen) atoms. The van der Waals surface area contributed by atoms with Gasteiger partial charge in [0.25, 0.3) is 0 Å². The molecule has 3 aromatic rings. The molecule has 5 rings (SSSR count). The molecule has 0 spiro atoms. The first-order valence-corrected chi connectivity index (χ1v) is 15.3. The number of carbonyl (C=O) groups is 1. The number of aryl methyl sites for hydroxylation is 2. The summed E-state index contributed by atoms with van der Waals surface area (Å²) in [6.45, 7) is 5.71. The van der Waals surface area contributed by atoms with Crippen LogP contribution in [0.5, 0.6) is 0 Å². The van der Waals surface area contributed by atoms with E-state index in [1.165, 1.54) is 9.87 Å². The van der Waals surface area contributed by atoms with Crippen LogP contribution < -0.4 is 0 Å². The Balaban J connectivity index is 1.24. The van der Waals surface area contributed by atoms with Crippen LogP contribution in [0.1, 0.15) is 53.8 Å². The van der Waals surface area contributed by atoms with Gasteiger partial charge in [-0.1, -0.05) is 71.4 Å². The number of benzene rings is 2. The number of nitrogens with zero attached hydrogens (tertiary/aromatic N) is 3. The minimum atomic E-state index is -3.88. The molecule has 1 amide bonds. The van der Waals surface area contributed by atoms with Gasteiger partial charge in [-0.05, 0) is 69.1 Å². The van der Waals surface area contributed by atoms with Crippen molar-refractivity contribution in [2.24, 2.45) is 11.8 Å². The predicted molar refractivity (Wildman–Crippen MR) is 152 cm³/mol. The summed E-state index contributed by atoms with van der Waals surface area (Å²) in [4.78, 5) is 15.5. The van der Waals surface area contributed by atoms with Crippen LogP contribution in [-0.4, -0.2) is 54.9 Å². The highest BCUT2D eigenvalue weighted by Gasteiger charge is 2.38. The molecule has 1 aromatic heterocycles. The third-order valence-corrected chi connectivity index (χ3v) is 9.99. The zero-order valence-corrected chi connectivity index (χ0v) is 23.6. The standard InChI is InChI=1S/C31H37N3O4S/c1-23-10-12-25(13-11-23)14-15-29-30(24(2)32-38-29)39(36,37)34-18-6-9-28(22-34)31(35)33-19-16-27(17-20-33)21-26-7-4-3-5-8-26/h3-5,7-8,10-15,27-28H,6,9,16-22H2,1-2H3. The summed E-state index contributed by atoms with van der Waals surface area (Å²) in [5.74, 6) is 0.533. The van der Waals surface area contributed by atoms with E-state index in [-0.39, 0.29) is 29.0 Å². The molecule has 0 N–H and O–H groups in total. The summed E-state index contributed by atoms with van der Waals surface area (Å²) >= 11 is 0. The maximum atomic E-state index is 13.8. The Bertz CT molecular complexity index is 1410. The number of aromatic nitrogens is 1. The summed E-state index contributed by atoms with van der Waals surface area (Å²) < 4.78 is 34.4. The van der Waals surface area contributed by atoms with Crippen molar-refractivity contribution in [1.82, 2.24) is 14.4 Å². The number of hydrogen-bond acceptors (Lipinski definition) is 5. The number of rotatable bonds is 7. The van der Waals surface area contributed by atoms with E-state index in [1.54, 1.807) is 13.0 Å². The normalized spacial score (nSPS) is 19.5. The van der Waals surface area contributed by atoms with Crippen LogP contribution in [0.15, 0.2) is 64.0 Å². The predicted octanol–water partition coefficient (Wildman–Crippen LogP) is 5.34. The van der Waals surface area contributed by atoms with Crippen LogP contribution in [0.3, 0.4) is 0 Å². The molecule has 2 aliphatic rings. The minimum absolute atomic E-state index is 0.0783. The van der Waals surface area contributed by atoms with Crippen molar-refractivity contribution in [3.05, 3.63) is 82.7 Å². The summed E-state index contributed by atoms with van der Waals surface area (Å²) in [7, 11) is -3.88. The topological polar surface area (TPSA) is 83.7 Å². The van der Waals surface area contributed by atoms with Gasteiger partial charge < -0.3 is 9.42 Å². The Kier molecular flexibility index (Phi) is 8.33. The monoisotopic (exact) mass is 547 g/mol. The largest absolute Gasteiger partial charge is 0.355 e. The molecule has 0 saturated carbocycles. The lowest BCUT2D eigenvalue weighted by Gasteiger charge is -2.37. The first-order chi connectivity index (χ1) is 18.8. The van der Waals surface area contributed by atoms with Crippen molar-refractivity contribution in [2.75, 3.05) is 26.2 Å². The highest BCUT2D eigenvalue weighted by Crippen LogP contribution is 2.31. The first kappa shape index (κ1) is 27.3. The van der Waals surface area contributed by atoms with Crippen LogP contribution in [0.25, 0.3) is 12.2 Å². The van der Waals surface area contributed by atoms with E-state index in [4.69, 9.17) is 4.52 Å². The first-order valence-electron chi connectivity index (χ1n) is 13.8. The Morgan fingerprint density at radius 3 is 2.41 bits per heavy atom. The second-order valence-corrected chi connectivity index (χ2v) is 12.7. The molecule has 2 saturated heterocycles. The Morgan fingerprint density at radius 2 is 1.69 bits per heavy atom. The van der Waals surface area contributed by atoms with Gasteiger partial charge in [0.2, 0.25) is 15.9 Å². The average Bonchev–Trinajstić information content (AvgIpc) is 3.34. The maximum Gasteiger partial charge on any atom is 0.248 e.